The quantitative estimate of drug-likeness (QED) is 0.371. The maximum Gasteiger partial charge on any atom is 0.251 e. The molecule has 1 amide bonds. The van der Waals surface area contributed by atoms with Crippen LogP contribution < -0.4 is 14.8 Å². The lowest BCUT2D eigenvalue weighted by atomic mass is 10.1. The molecule has 166 valence electrons. The minimum atomic E-state index is -0.220. The third-order valence-electron chi connectivity index (χ3n) is 4.79. The first-order valence-corrected chi connectivity index (χ1v) is 10.3. The molecule has 0 aliphatic carbocycles. The number of benzene rings is 1. The third kappa shape index (κ3) is 6.44. The number of allylic oxidation sites excluding steroid dienone is 1. The molecule has 0 spiro atoms. The maximum absolute atomic E-state index is 12.0. The molecule has 0 saturated carbocycles. The molecule has 2 aliphatic rings. The average molecular weight is 428 g/mol. The second kappa shape index (κ2) is 11.3. The highest BCUT2D eigenvalue weighted by Crippen LogP contribution is 2.26. The first kappa shape index (κ1) is 22.6. The number of aliphatic imine (C=N–C) groups is 1. The Morgan fingerprint density at radius 1 is 1.23 bits per heavy atom. The van der Waals surface area contributed by atoms with Crippen LogP contribution in [0.1, 0.15) is 12.8 Å². The van der Waals surface area contributed by atoms with Gasteiger partial charge in [0.2, 0.25) is 5.88 Å². The Morgan fingerprint density at radius 3 is 2.61 bits per heavy atom. The van der Waals surface area contributed by atoms with Gasteiger partial charge in [-0.1, -0.05) is 6.58 Å². The molecule has 0 unspecified atom stereocenters. The van der Waals surface area contributed by atoms with Crippen molar-refractivity contribution in [2.24, 2.45) is 4.99 Å². The molecule has 8 heteroatoms. The fraction of sp³-hybridized carbons (Fsp3) is 0.391. The Bertz CT molecular complexity index is 854. The van der Waals surface area contributed by atoms with Crippen LogP contribution in [0.5, 0.6) is 11.5 Å². The van der Waals surface area contributed by atoms with Gasteiger partial charge < -0.3 is 24.3 Å². The van der Waals surface area contributed by atoms with Crippen molar-refractivity contribution < 1.29 is 23.7 Å². The molecule has 1 saturated heterocycles. The summed E-state index contributed by atoms with van der Waals surface area (Å²) in [6, 6.07) is 7.26. The van der Waals surface area contributed by atoms with Gasteiger partial charge in [0, 0.05) is 44.7 Å². The summed E-state index contributed by atoms with van der Waals surface area (Å²) in [6.07, 6.45) is 7.03. The van der Waals surface area contributed by atoms with Crippen molar-refractivity contribution in [3.63, 3.8) is 0 Å². The van der Waals surface area contributed by atoms with Gasteiger partial charge in [-0.05, 0) is 43.2 Å². The number of nitrogens with zero attached hydrogens (tertiary/aromatic N) is 2. The molecule has 2 aliphatic heterocycles. The van der Waals surface area contributed by atoms with E-state index in [1.165, 1.54) is 0 Å². The monoisotopic (exact) mass is 427 g/mol. The highest BCUT2D eigenvalue weighted by molar-refractivity contribution is 5.97. The van der Waals surface area contributed by atoms with Crippen LogP contribution >= 0.6 is 0 Å². The lowest BCUT2D eigenvalue weighted by Crippen LogP contribution is -2.29. The van der Waals surface area contributed by atoms with Crippen LogP contribution in [0.15, 0.2) is 65.1 Å². The molecular formula is C23H29N3O5. The standard InChI is InChI=1S/C23H29N3O5/c1-17-14-18(23(27)25-3)15-22(26(17)16-24-2)31-21-6-4-19(5-7-21)29-12-13-30-20-8-10-28-11-9-20/h4-7,14-16,20H,1,8-13H2,2-3H3,(H,25,27). The van der Waals surface area contributed by atoms with Crippen molar-refractivity contribution in [1.29, 1.82) is 0 Å². The van der Waals surface area contributed by atoms with E-state index in [0.29, 0.717) is 36.1 Å². The van der Waals surface area contributed by atoms with Gasteiger partial charge in [0.25, 0.3) is 5.91 Å². The fourth-order valence-corrected chi connectivity index (χ4v) is 3.18. The fourth-order valence-electron chi connectivity index (χ4n) is 3.18. The molecule has 0 bridgehead atoms. The normalized spacial score (nSPS) is 17.4. The summed E-state index contributed by atoms with van der Waals surface area (Å²) in [4.78, 5) is 17.7. The molecule has 0 atom stereocenters. The largest absolute Gasteiger partial charge is 0.491 e. The minimum Gasteiger partial charge on any atom is -0.491 e. The maximum atomic E-state index is 12.0. The smallest absolute Gasteiger partial charge is 0.251 e. The molecule has 3 rings (SSSR count). The summed E-state index contributed by atoms with van der Waals surface area (Å²) in [5.41, 5.74) is 1.03. The van der Waals surface area contributed by atoms with Gasteiger partial charge in [0.05, 0.1) is 19.0 Å². The SMILES string of the molecule is C=C1C=C(C(=O)NC)C=C(Oc2ccc(OCCOC3CCOCC3)cc2)N1C=NC. The summed E-state index contributed by atoms with van der Waals surface area (Å²) in [6.45, 7) is 6.52. The van der Waals surface area contributed by atoms with Crippen molar-refractivity contribution in [2.75, 3.05) is 40.5 Å². The number of likely N-dealkylation sites (N-methyl/N-ethyl adjacent to an activating group) is 1. The minimum absolute atomic E-state index is 0.220. The zero-order valence-electron chi connectivity index (χ0n) is 18.0. The van der Waals surface area contributed by atoms with Crippen LogP contribution in [0, 0.1) is 0 Å². The van der Waals surface area contributed by atoms with Gasteiger partial charge >= 0.3 is 0 Å². The van der Waals surface area contributed by atoms with Crippen molar-refractivity contribution in [3.8, 4) is 11.5 Å². The van der Waals surface area contributed by atoms with Crippen LogP contribution in [0.2, 0.25) is 0 Å². The van der Waals surface area contributed by atoms with Crippen LogP contribution in [0.3, 0.4) is 0 Å². The van der Waals surface area contributed by atoms with E-state index in [9.17, 15) is 4.79 Å². The topological polar surface area (TPSA) is 81.6 Å². The van der Waals surface area contributed by atoms with E-state index in [0.717, 1.165) is 31.8 Å². The zero-order chi connectivity index (χ0) is 22.1. The molecule has 2 heterocycles. The Morgan fingerprint density at radius 2 is 1.94 bits per heavy atom. The van der Waals surface area contributed by atoms with Gasteiger partial charge in [-0.3, -0.25) is 14.7 Å². The van der Waals surface area contributed by atoms with Gasteiger partial charge in [-0.25, -0.2) is 0 Å². The van der Waals surface area contributed by atoms with Crippen molar-refractivity contribution in [2.45, 2.75) is 18.9 Å². The number of nitrogens with one attached hydrogen (secondary N) is 1. The van der Waals surface area contributed by atoms with E-state index >= 15 is 0 Å². The van der Waals surface area contributed by atoms with Crippen LogP contribution in [-0.4, -0.2) is 63.8 Å². The number of ether oxygens (including phenoxy) is 4. The van der Waals surface area contributed by atoms with Crippen LogP contribution in [0.4, 0.5) is 0 Å². The highest BCUT2D eigenvalue weighted by atomic mass is 16.5. The Labute approximate surface area is 182 Å². The molecule has 8 nitrogen and oxygen atoms in total. The summed E-state index contributed by atoms with van der Waals surface area (Å²) in [5, 5.41) is 2.61. The molecule has 0 radical (unpaired) electrons. The summed E-state index contributed by atoms with van der Waals surface area (Å²) in [5.74, 6) is 1.53. The number of carbonyl (C=O) groups excluding carboxylic acids is 1. The molecule has 31 heavy (non-hydrogen) atoms. The number of hydrogen-bond donors (Lipinski definition) is 1. The molecule has 1 aromatic carbocycles. The predicted octanol–water partition coefficient (Wildman–Crippen LogP) is 2.64. The van der Waals surface area contributed by atoms with Gasteiger partial charge in [-0.2, -0.15) is 0 Å². The van der Waals surface area contributed by atoms with Crippen molar-refractivity contribution >= 4 is 12.2 Å². The summed E-state index contributed by atoms with van der Waals surface area (Å²) in [7, 11) is 3.23. The number of hydrogen-bond acceptors (Lipinski definition) is 6. The van der Waals surface area contributed by atoms with Crippen molar-refractivity contribution in [3.05, 3.63) is 60.1 Å². The van der Waals surface area contributed by atoms with Gasteiger partial charge in [0.15, 0.2) is 0 Å². The first-order chi connectivity index (χ1) is 15.1. The summed E-state index contributed by atoms with van der Waals surface area (Å²) >= 11 is 0. The van der Waals surface area contributed by atoms with Crippen LogP contribution in [-0.2, 0) is 14.3 Å². The Kier molecular flexibility index (Phi) is 8.26. The lowest BCUT2D eigenvalue weighted by Gasteiger charge is -2.26. The predicted molar refractivity (Wildman–Crippen MR) is 118 cm³/mol. The Hall–Kier alpha value is -3.10. The average Bonchev–Trinajstić information content (AvgIpc) is 2.80. The van der Waals surface area contributed by atoms with E-state index in [4.69, 9.17) is 18.9 Å². The third-order valence-corrected chi connectivity index (χ3v) is 4.79. The highest BCUT2D eigenvalue weighted by Gasteiger charge is 2.21. The lowest BCUT2D eigenvalue weighted by molar-refractivity contribution is -0.116. The number of rotatable bonds is 9. The molecule has 1 fully saturated rings. The second-order valence-corrected chi connectivity index (χ2v) is 7.00. The van der Waals surface area contributed by atoms with Crippen LogP contribution in [0.25, 0.3) is 0 Å². The molecular weight excluding hydrogens is 398 g/mol. The van der Waals surface area contributed by atoms with E-state index in [-0.39, 0.29) is 12.0 Å². The van der Waals surface area contributed by atoms with E-state index < -0.39 is 0 Å². The Balaban J connectivity index is 1.56. The number of carbonyl (C=O) groups is 1. The molecule has 1 N–H and O–H groups in total. The number of amides is 1. The second-order valence-electron chi connectivity index (χ2n) is 7.00. The zero-order valence-corrected chi connectivity index (χ0v) is 18.0. The molecule has 0 aromatic heterocycles. The summed E-state index contributed by atoms with van der Waals surface area (Å²) < 4.78 is 22.9. The van der Waals surface area contributed by atoms with Gasteiger partial charge in [-0.15, -0.1) is 0 Å². The van der Waals surface area contributed by atoms with E-state index in [2.05, 4.69) is 16.9 Å². The molecule has 1 aromatic rings. The van der Waals surface area contributed by atoms with E-state index in [1.54, 1.807) is 49.6 Å². The first-order valence-electron chi connectivity index (χ1n) is 10.3. The van der Waals surface area contributed by atoms with E-state index in [1.807, 2.05) is 12.1 Å². The van der Waals surface area contributed by atoms with Gasteiger partial charge in [0.1, 0.15) is 18.1 Å². The van der Waals surface area contributed by atoms with Crippen molar-refractivity contribution in [1.82, 2.24) is 10.2 Å².